The number of alkyl halides is 1. The van der Waals surface area contributed by atoms with Crippen LogP contribution < -0.4 is 4.74 Å². The van der Waals surface area contributed by atoms with Gasteiger partial charge in [0.1, 0.15) is 17.6 Å². The van der Waals surface area contributed by atoms with E-state index in [1.165, 1.54) is 37.9 Å². The standard InChI is InChI=1S/C39H50Cl2N4O2/c1-6-47-33-26-29(38(2,3)4)12-15-32(33)36-42-34(27-16-20-39(5,41)21-17-27)35(28-10-13-30(40)14-11-28)45(36)37(46)44-24-18-31(19-25-44)43-22-8-7-9-23-43/h10-17,20,26,31,34-35H,6-9,18-19,21-25H2,1-5H3/t34?,35-,39?/m1/s1. The van der Waals surface area contributed by atoms with Crippen molar-refractivity contribution in [2.75, 3.05) is 32.8 Å². The first-order valence-corrected chi connectivity index (χ1v) is 18.2. The molecule has 0 radical (unpaired) electrons. The van der Waals surface area contributed by atoms with Crippen molar-refractivity contribution in [1.29, 1.82) is 0 Å². The van der Waals surface area contributed by atoms with Gasteiger partial charge in [0.25, 0.3) is 0 Å². The van der Waals surface area contributed by atoms with Crippen molar-refractivity contribution < 1.29 is 9.53 Å². The molecule has 47 heavy (non-hydrogen) atoms. The summed E-state index contributed by atoms with van der Waals surface area (Å²) in [5, 5.41) is 0.660. The molecule has 8 heteroatoms. The van der Waals surface area contributed by atoms with E-state index < -0.39 is 4.87 Å². The number of urea groups is 1. The summed E-state index contributed by atoms with van der Waals surface area (Å²) in [6.45, 7) is 15.0. The molecule has 3 heterocycles. The van der Waals surface area contributed by atoms with Crippen LogP contribution in [0.1, 0.15) is 95.9 Å². The van der Waals surface area contributed by atoms with Crippen LogP contribution in [0, 0.1) is 0 Å². The molecule has 0 bridgehead atoms. The van der Waals surface area contributed by atoms with Gasteiger partial charge < -0.3 is 14.5 Å². The number of halogens is 2. The van der Waals surface area contributed by atoms with Crippen LogP contribution in [0.25, 0.3) is 0 Å². The van der Waals surface area contributed by atoms with Gasteiger partial charge in [-0.1, -0.05) is 75.2 Å². The topological polar surface area (TPSA) is 48.4 Å². The summed E-state index contributed by atoms with van der Waals surface area (Å²) < 4.78 is 6.30. The lowest BCUT2D eigenvalue weighted by atomic mass is 9.86. The highest BCUT2D eigenvalue weighted by molar-refractivity contribution is 6.30. The zero-order valence-electron chi connectivity index (χ0n) is 28.6. The first-order valence-electron chi connectivity index (χ1n) is 17.5. The van der Waals surface area contributed by atoms with E-state index in [2.05, 4.69) is 62.1 Å². The van der Waals surface area contributed by atoms with Crippen LogP contribution in [-0.2, 0) is 5.41 Å². The van der Waals surface area contributed by atoms with Gasteiger partial charge >= 0.3 is 6.03 Å². The Hall–Kier alpha value is -2.80. The zero-order valence-corrected chi connectivity index (χ0v) is 30.2. The Morgan fingerprint density at radius 3 is 2.34 bits per heavy atom. The van der Waals surface area contributed by atoms with E-state index in [9.17, 15) is 4.79 Å². The maximum atomic E-state index is 15.0. The first kappa shape index (κ1) is 34.1. The fraction of sp³-hybridized carbons (Fsp3) is 0.538. The Labute approximate surface area is 291 Å². The normalized spacial score (nSPS) is 25.9. The predicted molar refractivity (Wildman–Crippen MR) is 194 cm³/mol. The first-order chi connectivity index (χ1) is 22.4. The summed E-state index contributed by atoms with van der Waals surface area (Å²) in [5.74, 6) is 1.40. The van der Waals surface area contributed by atoms with Gasteiger partial charge in [-0.3, -0.25) is 9.89 Å². The highest BCUT2D eigenvalue weighted by Gasteiger charge is 2.46. The van der Waals surface area contributed by atoms with Crippen LogP contribution in [0.4, 0.5) is 4.79 Å². The highest BCUT2D eigenvalue weighted by Crippen LogP contribution is 2.43. The molecule has 252 valence electrons. The van der Waals surface area contributed by atoms with Crippen molar-refractivity contribution in [3.05, 3.63) is 88.0 Å². The second-order valence-electron chi connectivity index (χ2n) is 14.8. The van der Waals surface area contributed by atoms with E-state index in [-0.39, 0.29) is 23.5 Å². The second kappa shape index (κ2) is 14.0. The van der Waals surface area contributed by atoms with Crippen molar-refractivity contribution in [1.82, 2.24) is 14.7 Å². The Bertz CT molecular complexity index is 1530. The number of ether oxygens (including phenoxy) is 1. The largest absolute Gasteiger partial charge is 0.493 e. The molecule has 6 rings (SSSR count). The van der Waals surface area contributed by atoms with Crippen LogP contribution in [0.5, 0.6) is 5.75 Å². The third-order valence-electron chi connectivity index (χ3n) is 10.2. The zero-order chi connectivity index (χ0) is 33.3. The quantitative estimate of drug-likeness (QED) is 0.287. The van der Waals surface area contributed by atoms with E-state index in [1.54, 1.807) is 0 Å². The van der Waals surface area contributed by atoms with E-state index in [0.717, 1.165) is 48.4 Å². The van der Waals surface area contributed by atoms with Gasteiger partial charge in [0.15, 0.2) is 0 Å². The minimum atomic E-state index is -0.441. The van der Waals surface area contributed by atoms with Crippen molar-refractivity contribution in [3.8, 4) is 5.75 Å². The van der Waals surface area contributed by atoms with Gasteiger partial charge in [0.2, 0.25) is 0 Å². The van der Waals surface area contributed by atoms with Crippen LogP contribution in [0.3, 0.4) is 0 Å². The van der Waals surface area contributed by atoms with Crippen LogP contribution in [-0.4, -0.2) is 76.3 Å². The Morgan fingerprint density at radius 1 is 1.02 bits per heavy atom. The average Bonchev–Trinajstić information content (AvgIpc) is 3.45. The molecule has 2 unspecified atom stereocenters. The molecule has 2 saturated heterocycles. The molecule has 2 amide bonds. The number of nitrogens with zero attached hydrogens (tertiary/aromatic N) is 4. The Morgan fingerprint density at radius 2 is 1.72 bits per heavy atom. The number of rotatable bonds is 6. The third-order valence-corrected chi connectivity index (χ3v) is 10.7. The molecule has 0 saturated carbocycles. The van der Waals surface area contributed by atoms with Gasteiger partial charge in [-0.15, -0.1) is 11.6 Å². The van der Waals surface area contributed by atoms with Crippen LogP contribution in [0.2, 0.25) is 5.02 Å². The maximum absolute atomic E-state index is 15.0. The van der Waals surface area contributed by atoms with Gasteiger partial charge in [-0.2, -0.15) is 0 Å². The lowest BCUT2D eigenvalue weighted by molar-refractivity contribution is 0.0930. The highest BCUT2D eigenvalue weighted by atomic mass is 35.5. The summed E-state index contributed by atoms with van der Waals surface area (Å²) in [6.07, 6.45) is 12.9. The van der Waals surface area contributed by atoms with Crippen LogP contribution in [0.15, 0.2) is 71.3 Å². The van der Waals surface area contributed by atoms with E-state index in [0.29, 0.717) is 29.9 Å². The molecule has 2 aromatic carbocycles. The lowest BCUT2D eigenvalue weighted by Gasteiger charge is -2.42. The summed E-state index contributed by atoms with van der Waals surface area (Å²) in [4.78, 5) is 26.6. The summed E-state index contributed by atoms with van der Waals surface area (Å²) >= 11 is 13.1. The van der Waals surface area contributed by atoms with Crippen molar-refractivity contribution in [2.45, 2.75) is 102 Å². The molecule has 0 spiro atoms. The van der Waals surface area contributed by atoms with Crippen LogP contribution >= 0.6 is 23.2 Å². The number of likely N-dealkylation sites (tertiary alicyclic amines) is 2. The number of hydrogen-bond donors (Lipinski definition) is 0. The monoisotopic (exact) mass is 676 g/mol. The number of piperidine rings is 2. The van der Waals surface area contributed by atoms with Gasteiger partial charge in [0.05, 0.1) is 23.1 Å². The Kier molecular flexibility index (Phi) is 10.1. The van der Waals surface area contributed by atoms with E-state index in [1.807, 2.05) is 47.9 Å². The molecular weight excluding hydrogens is 627 g/mol. The summed E-state index contributed by atoms with van der Waals surface area (Å²) in [6, 6.07) is 14.1. The number of benzene rings is 2. The molecular formula is C39H50Cl2N4O2. The van der Waals surface area contributed by atoms with E-state index in [4.69, 9.17) is 32.9 Å². The SMILES string of the molecule is CCOc1cc(C(C)(C)C)ccc1C1=NC(C2=CCC(C)(Cl)C=C2)[C@@H](c2ccc(Cl)cc2)N1C(=O)N1CCC(N2CCCCC2)CC1. The summed E-state index contributed by atoms with van der Waals surface area (Å²) in [7, 11) is 0. The molecule has 0 aromatic heterocycles. The smallest absolute Gasteiger partial charge is 0.326 e. The molecule has 0 N–H and O–H groups in total. The number of amidine groups is 1. The number of carbonyl (C=O) groups excluding carboxylic acids is 1. The third kappa shape index (κ3) is 7.45. The van der Waals surface area contributed by atoms with Gasteiger partial charge in [-0.25, -0.2) is 4.79 Å². The van der Waals surface area contributed by atoms with Gasteiger partial charge in [-0.05, 0) is 105 Å². The lowest BCUT2D eigenvalue weighted by Crippen LogP contribution is -2.53. The number of allylic oxidation sites excluding steroid dienone is 2. The number of aliphatic imine (C=N–C) groups is 1. The second-order valence-corrected chi connectivity index (χ2v) is 16.1. The molecule has 3 atom stereocenters. The fourth-order valence-corrected chi connectivity index (χ4v) is 7.71. The molecule has 3 aliphatic heterocycles. The maximum Gasteiger partial charge on any atom is 0.326 e. The van der Waals surface area contributed by atoms with E-state index >= 15 is 0 Å². The molecule has 4 aliphatic rings. The summed E-state index contributed by atoms with van der Waals surface area (Å²) in [5.41, 5.74) is 4.00. The number of carbonyl (C=O) groups is 1. The Balaban J connectivity index is 1.43. The minimum Gasteiger partial charge on any atom is -0.493 e. The van der Waals surface area contributed by atoms with Crippen molar-refractivity contribution in [2.24, 2.45) is 4.99 Å². The molecule has 6 nitrogen and oxygen atoms in total. The van der Waals surface area contributed by atoms with Crippen molar-refractivity contribution >= 4 is 35.1 Å². The molecule has 2 fully saturated rings. The fourth-order valence-electron chi connectivity index (χ4n) is 7.44. The minimum absolute atomic E-state index is 0.00629. The number of hydrogen-bond acceptors (Lipinski definition) is 4. The predicted octanol–water partition coefficient (Wildman–Crippen LogP) is 9.16. The van der Waals surface area contributed by atoms with Crippen molar-refractivity contribution in [3.63, 3.8) is 0 Å². The number of amides is 2. The molecule has 2 aromatic rings. The van der Waals surface area contributed by atoms with Gasteiger partial charge in [0, 0.05) is 24.2 Å². The average molecular weight is 678 g/mol. The molecule has 1 aliphatic carbocycles.